The maximum absolute atomic E-state index is 13.4. The summed E-state index contributed by atoms with van der Waals surface area (Å²) in [5.74, 6) is -1.96. The monoisotopic (exact) mass is 566 g/mol. The van der Waals surface area contributed by atoms with E-state index < -0.39 is 23.6 Å². The number of amides is 4. The number of hydrogen-bond donors (Lipinski definition) is 1. The van der Waals surface area contributed by atoms with E-state index in [0.29, 0.717) is 58.4 Å². The maximum Gasteiger partial charge on any atom is 0.312 e. The molecule has 4 amide bonds. The summed E-state index contributed by atoms with van der Waals surface area (Å²) in [6, 6.07) is 29.6. The average Bonchev–Trinajstić information content (AvgIpc) is 3.02. The Morgan fingerprint density at radius 2 is 1.24 bits per heavy atom. The maximum atomic E-state index is 13.4. The van der Waals surface area contributed by atoms with E-state index in [-0.39, 0.29) is 12.1 Å². The second-order valence-electron chi connectivity index (χ2n) is 11.1. The van der Waals surface area contributed by atoms with Crippen LogP contribution in [0.2, 0.25) is 0 Å². The van der Waals surface area contributed by atoms with Gasteiger partial charge in [-0.2, -0.15) is 0 Å². The summed E-state index contributed by atoms with van der Waals surface area (Å²) in [5, 5.41) is 2.72. The van der Waals surface area contributed by atoms with Crippen LogP contribution in [0.4, 0.5) is 0 Å². The van der Waals surface area contributed by atoms with Gasteiger partial charge < -0.3 is 20.0 Å². The Bertz CT molecular complexity index is 1370. The lowest BCUT2D eigenvalue weighted by Gasteiger charge is -2.41. The van der Waals surface area contributed by atoms with Gasteiger partial charge in [0.2, 0.25) is 0 Å². The first kappa shape index (κ1) is 29.0. The van der Waals surface area contributed by atoms with Crippen LogP contribution >= 0.6 is 0 Å². The van der Waals surface area contributed by atoms with Gasteiger partial charge in [-0.3, -0.25) is 19.2 Å². The quantitative estimate of drug-likeness (QED) is 0.269. The Balaban J connectivity index is 1.19. The molecule has 8 nitrogen and oxygen atoms in total. The first-order chi connectivity index (χ1) is 20.5. The molecule has 0 bridgehead atoms. The van der Waals surface area contributed by atoms with E-state index in [4.69, 9.17) is 0 Å². The Morgan fingerprint density at radius 3 is 1.90 bits per heavy atom. The lowest BCUT2D eigenvalue weighted by atomic mass is 10.00. The van der Waals surface area contributed by atoms with Crippen LogP contribution in [-0.4, -0.2) is 76.6 Å². The van der Waals surface area contributed by atoms with Crippen LogP contribution in [0.3, 0.4) is 0 Å². The Morgan fingerprint density at radius 1 is 0.619 bits per heavy atom. The second kappa shape index (κ2) is 13.9. The lowest BCUT2D eigenvalue weighted by molar-refractivity contribution is -0.159. The van der Waals surface area contributed by atoms with E-state index in [9.17, 15) is 19.2 Å². The van der Waals surface area contributed by atoms with Crippen LogP contribution in [-0.2, 0) is 38.6 Å². The summed E-state index contributed by atoms with van der Waals surface area (Å²) in [6.07, 6.45) is 3.54. The third-order valence-electron chi connectivity index (χ3n) is 8.21. The Kier molecular flexibility index (Phi) is 9.64. The molecule has 0 unspecified atom stereocenters. The van der Waals surface area contributed by atoms with Gasteiger partial charge in [-0.25, -0.2) is 0 Å². The summed E-state index contributed by atoms with van der Waals surface area (Å²) in [4.78, 5) is 56.5. The highest BCUT2D eigenvalue weighted by Crippen LogP contribution is 2.21. The molecule has 2 aliphatic rings. The molecule has 218 valence electrons. The fourth-order valence-corrected chi connectivity index (χ4v) is 5.91. The van der Waals surface area contributed by atoms with Crippen molar-refractivity contribution in [2.24, 2.45) is 0 Å². The number of benzene rings is 3. The molecule has 0 saturated carbocycles. The standard InChI is InChI=1S/C34H38N4O4/c39-31-32(40)37(21-19-26-12-4-1-5-13-26)29(23-35-31)18-10-11-20-36-25-30(22-27-14-6-2-7-15-27)38(34(42)33(36)41)24-28-16-8-3-9-17-28/h1-9,12-17,29-30H,10-11,18-25H2,(H,35,39)/t29-,30+/m1/s1. The zero-order valence-corrected chi connectivity index (χ0v) is 23.9. The number of piperazine rings is 2. The largest absolute Gasteiger partial charge is 0.346 e. The summed E-state index contributed by atoms with van der Waals surface area (Å²) in [7, 11) is 0. The fraction of sp³-hybridized carbons (Fsp3) is 0.353. The number of carbonyl (C=O) groups excluding carboxylic acids is 4. The van der Waals surface area contributed by atoms with E-state index in [1.165, 1.54) is 0 Å². The van der Waals surface area contributed by atoms with E-state index in [1.54, 1.807) is 14.7 Å². The van der Waals surface area contributed by atoms with Gasteiger partial charge in [0.25, 0.3) is 0 Å². The molecule has 2 heterocycles. The van der Waals surface area contributed by atoms with Gasteiger partial charge in [-0.15, -0.1) is 0 Å². The van der Waals surface area contributed by atoms with Gasteiger partial charge in [0.1, 0.15) is 0 Å². The molecule has 0 aliphatic carbocycles. The van der Waals surface area contributed by atoms with Crippen LogP contribution < -0.4 is 5.32 Å². The topological polar surface area (TPSA) is 90.0 Å². The number of carbonyl (C=O) groups is 4. The zero-order valence-electron chi connectivity index (χ0n) is 23.9. The van der Waals surface area contributed by atoms with Crippen molar-refractivity contribution in [2.45, 2.75) is 50.7 Å². The molecule has 0 spiro atoms. The smallest absolute Gasteiger partial charge is 0.312 e. The summed E-state index contributed by atoms with van der Waals surface area (Å²) < 4.78 is 0. The summed E-state index contributed by atoms with van der Waals surface area (Å²) in [6.45, 7) is 2.27. The minimum Gasteiger partial charge on any atom is -0.346 e. The van der Waals surface area contributed by atoms with Crippen LogP contribution in [0.25, 0.3) is 0 Å². The molecule has 3 aromatic carbocycles. The fourth-order valence-electron chi connectivity index (χ4n) is 5.91. The third-order valence-corrected chi connectivity index (χ3v) is 8.21. The highest BCUT2D eigenvalue weighted by atomic mass is 16.2. The van der Waals surface area contributed by atoms with Gasteiger partial charge >= 0.3 is 23.6 Å². The number of nitrogens with one attached hydrogen (secondary N) is 1. The van der Waals surface area contributed by atoms with E-state index in [1.807, 2.05) is 78.9 Å². The molecular weight excluding hydrogens is 528 g/mol. The Hall–Kier alpha value is -4.46. The van der Waals surface area contributed by atoms with Crippen LogP contribution in [0.15, 0.2) is 91.0 Å². The molecule has 42 heavy (non-hydrogen) atoms. The molecule has 3 aromatic rings. The molecule has 8 heteroatoms. The van der Waals surface area contributed by atoms with E-state index in [0.717, 1.165) is 23.1 Å². The molecule has 0 aromatic heterocycles. The summed E-state index contributed by atoms with van der Waals surface area (Å²) >= 11 is 0. The number of rotatable bonds is 12. The molecule has 0 radical (unpaired) electrons. The van der Waals surface area contributed by atoms with Crippen molar-refractivity contribution in [2.75, 3.05) is 26.2 Å². The molecule has 2 aliphatic heterocycles. The van der Waals surface area contributed by atoms with Gasteiger partial charge in [-0.1, -0.05) is 91.0 Å². The van der Waals surface area contributed by atoms with Gasteiger partial charge in [-0.05, 0) is 48.8 Å². The summed E-state index contributed by atoms with van der Waals surface area (Å²) in [5.41, 5.74) is 3.24. The van der Waals surface area contributed by atoms with Crippen molar-refractivity contribution >= 4 is 23.6 Å². The predicted octanol–water partition coefficient (Wildman–Crippen LogP) is 3.21. The van der Waals surface area contributed by atoms with E-state index in [2.05, 4.69) is 17.4 Å². The van der Waals surface area contributed by atoms with Crippen molar-refractivity contribution in [3.8, 4) is 0 Å². The van der Waals surface area contributed by atoms with Gasteiger partial charge in [0.05, 0.1) is 6.04 Å². The first-order valence-corrected chi connectivity index (χ1v) is 14.8. The lowest BCUT2D eigenvalue weighted by Crippen LogP contribution is -2.60. The molecule has 2 saturated heterocycles. The second-order valence-corrected chi connectivity index (χ2v) is 11.1. The third kappa shape index (κ3) is 7.24. The van der Waals surface area contributed by atoms with Gasteiger partial charge in [0, 0.05) is 38.8 Å². The molecule has 1 N–H and O–H groups in total. The van der Waals surface area contributed by atoms with Crippen molar-refractivity contribution in [3.05, 3.63) is 108 Å². The minimum absolute atomic E-state index is 0.0928. The number of hydrogen-bond acceptors (Lipinski definition) is 4. The predicted molar refractivity (Wildman–Crippen MR) is 160 cm³/mol. The van der Waals surface area contributed by atoms with Crippen LogP contribution in [0.5, 0.6) is 0 Å². The first-order valence-electron chi connectivity index (χ1n) is 14.8. The highest BCUT2D eigenvalue weighted by Gasteiger charge is 2.39. The van der Waals surface area contributed by atoms with Crippen molar-refractivity contribution < 1.29 is 19.2 Å². The van der Waals surface area contributed by atoms with Crippen molar-refractivity contribution in [3.63, 3.8) is 0 Å². The number of unbranched alkanes of at least 4 members (excludes halogenated alkanes) is 1. The minimum atomic E-state index is -0.554. The van der Waals surface area contributed by atoms with Crippen molar-refractivity contribution in [1.29, 1.82) is 0 Å². The Labute approximate surface area is 247 Å². The SMILES string of the molecule is O=C1NC[C@@H](CCCCN2C[C@H](Cc3ccccc3)N(Cc3ccccc3)C(=O)C2=O)N(CCc2ccccc2)C1=O. The van der Waals surface area contributed by atoms with Crippen LogP contribution in [0, 0.1) is 0 Å². The number of nitrogens with zero attached hydrogens (tertiary/aromatic N) is 3. The average molecular weight is 567 g/mol. The van der Waals surface area contributed by atoms with E-state index >= 15 is 0 Å². The molecule has 5 rings (SSSR count). The normalized spacial score (nSPS) is 19.3. The van der Waals surface area contributed by atoms with Gasteiger partial charge in [0.15, 0.2) is 0 Å². The molecular formula is C34H38N4O4. The van der Waals surface area contributed by atoms with Crippen molar-refractivity contribution in [1.82, 2.24) is 20.0 Å². The molecule has 2 atom stereocenters. The van der Waals surface area contributed by atoms with Crippen LogP contribution in [0.1, 0.15) is 36.0 Å². The zero-order chi connectivity index (χ0) is 29.3. The highest BCUT2D eigenvalue weighted by molar-refractivity contribution is 6.36. The molecule has 2 fully saturated rings.